The molecule has 2 aromatic rings. The number of nitro groups is 1. The molecule has 8 heteroatoms. The highest BCUT2D eigenvalue weighted by Gasteiger charge is 2.18. The van der Waals surface area contributed by atoms with Gasteiger partial charge in [0, 0.05) is 17.7 Å². The molecule has 0 aliphatic heterocycles. The Hall–Kier alpha value is -2.35. The zero-order valence-corrected chi connectivity index (χ0v) is 11.9. The number of benzene rings is 2. The van der Waals surface area contributed by atoms with E-state index in [1.807, 2.05) is 0 Å². The second-order valence-electron chi connectivity index (χ2n) is 4.00. The highest BCUT2D eigenvalue weighted by atomic mass is 79.9. The van der Waals surface area contributed by atoms with E-state index in [2.05, 4.69) is 21.2 Å². The number of hydrogen-bond acceptors (Lipinski definition) is 3. The maximum absolute atomic E-state index is 13.4. The van der Waals surface area contributed by atoms with Crippen molar-refractivity contribution in [3.05, 3.63) is 68.2 Å². The van der Waals surface area contributed by atoms with E-state index in [-0.39, 0.29) is 15.7 Å². The van der Waals surface area contributed by atoms with Crippen molar-refractivity contribution >= 4 is 33.2 Å². The average Bonchev–Trinajstić information content (AvgIpc) is 2.41. The van der Waals surface area contributed by atoms with Crippen molar-refractivity contribution in [2.45, 2.75) is 0 Å². The standard InChI is InChI=1S/C13H7BrF2N2O3/c14-9-3-1-7(5-10(9)16)13(19)17-11-6-8(15)2-4-12(11)18(20)21/h1-6H,(H,17,19). The molecule has 0 bridgehead atoms. The molecule has 1 amide bonds. The minimum Gasteiger partial charge on any atom is -0.316 e. The van der Waals surface area contributed by atoms with E-state index in [0.29, 0.717) is 0 Å². The van der Waals surface area contributed by atoms with Crippen LogP contribution in [0.3, 0.4) is 0 Å². The van der Waals surface area contributed by atoms with Gasteiger partial charge in [-0.15, -0.1) is 0 Å². The Morgan fingerprint density at radius 1 is 1.19 bits per heavy atom. The third kappa shape index (κ3) is 3.40. The number of nitrogens with one attached hydrogen (secondary N) is 1. The number of carbonyl (C=O) groups excluding carboxylic acids is 1. The zero-order valence-electron chi connectivity index (χ0n) is 10.3. The Kier molecular flexibility index (Phi) is 4.27. The van der Waals surface area contributed by atoms with Gasteiger partial charge < -0.3 is 5.32 Å². The minimum absolute atomic E-state index is 0.0470. The number of amides is 1. The topological polar surface area (TPSA) is 72.2 Å². The van der Waals surface area contributed by atoms with Crippen LogP contribution < -0.4 is 5.32 Å². The van der Waals surface area contributed by atoms with E-state index < -0.39 is 28.2 Å². The lowest BCUT2D eigenvalue weighted by Gasteiger charge is -2.06. The van der Waals surface area contributed by atoms with E-state index in [0.717, 1.165) is 24.3 Å². The minimum atomic E-state index is -0.782. The highest BCUT2D eigenvalue weighted by molar-refractivity contribution is 9.10. The molecule has 0 aliphatic rings. The molecule has 0 atom stereocenters. The number of anilines is 1. The van der Waals surface area contributed by atoms with Gasteiger partial charge in [-0.25, -0.2) is 8.78 Å². The SMILES string of the molecule is O=C(Nc1cc(F)ccc1[N+](=O)[O-])c1ccc(Br)c(F)c1. The molecule has 21 heavy (non-hydrogen) atoms. The first-order valence-corrected chi connectivity index (χ1v) is 6.38. The van der Waals surface area contributed by atoms with Crippen molar-refractivity contribution in [3.63, 3.8) is 0 Å². The number of hydrogen-bond donors (Lipinski definition) is 1. The van der Waals surface area contributed by atoms with Crippen molar-refractivity contribution in [1.29, 1.82) is 0 Å². The number of rotatable bonds is 3. The van der Waals surface area contributed by atoms with Crippen LogP contribution in [-0.4, -0.2) is 10.8 Å². The van der Waals surface area contributed by atoms with Crippen LogP contribution in [0.15, 0.2) is 40.9 Å². The van der Waals surface area contributed by atoms with Crippen LogP contribution >= 0.6 is 15.9 Å². The predicted octanol–water partition coefficient (Wildman–Crippen LogP) is 3.89. The molecule has 0 aromatic heterocycles. The van der Waals surface area contributed by atoms with Gasteiger partial charge in [0.1, 0.15) is 17.3 Å². The molecule has 0 heterocycles. The quantitative estimate of drug-likeness (QED) is 0.669. The summed E-state index contributed by atoms with van der Waals surface area (Å²) in [4.78, 5) is 22.0. The van der Waals surface area contributed by atoms with Crippen molar-refractivity contribution in [2.75, 3.05) is 5.32 Å². The van der Waals surface area contributed by atoms with Gasteiger partial charge in [0.25, 0.3) is 11.6 Å². The van der Waals surface area contributed by atoms with Crippen molar-refractivity contribution in [3.8, 4) is 0 Å². The Labute approximate surface area is 125 Å². The van der Waals surface area contributed by atoms with Gasteiger partial charge in [-0.2, -0.15) is 0 Å². The predicted molar refractivity (Wildman–Crippen MR) is 75.1 cm³/mol. The molecule has 108 valence electrons. The van der Waals surface area contributed by atoms with Gasteiger partial charge in [-0.3, -0.25) is 14.9 Å². The molecule has 5 nitrogen and oxygen atoms in total. The molecule has 0 fully saturated rings. The molecule has 2 aromatic carbocycles. The third-order valence-corrected chi connectivity index (χ3v) is 3.23. The van der Waals surface area contributed by atoms with E-state index in [4.69, 9.17) is 0 Å². The highest BCUT2D eigenvalue weighted by Crippen LogP contribution is 2.26. The lowest BCUT2D eigenvalue weighted by atomic mass is 10.2. The van der Waals surface area contributed by atoms with Gasteiger partial charge in [-0.05, 0) is 40.2 Å². The fourth-order valence-electron chi connectivity index (χ4n) is 1.60. The fraction of sp³-hybridized carbons (Fsp3) is 0. The molecular weight excluding hydrogens is 350 g/mol. The van der Waals surface area contributed by atoms with Crippen LogP contribution in [0.5, 0.6) is 0 Å². The second kappa shape index (κ2) is 5.96. The summed E-state index contributed by atoms with van der Waals surface area (Å²) in [5, 5.41) is 13.0. The molecule has 0 radical (unpaired) electrons. The van der Waals surface area contributed by atoms with Crippen LogP contribution in [0, 0.1) is 21.7 Å². The maximum Gasteiger partial charge on any atom is 0.292 e. The van der Waals surface area contributed by atoms with Crippen LogP contribution in [0.1, 0.15) is 10.4 Å². The molecule has 0 saturated carbocycles. The van der Waals surface area contributed by atoms with Crippen molar-refractivity contribution < 1.29 is 18.5 Å². The smallest absolute Gasteiger partial charge is 0.292 e. The first-order valence-electron chi connectivity index (χ1n) is 5.59. The number of halogens is 3. The van der Waals surface area contributed by atoms with Crippen LogP contribution in [0.4, 0.5) is 20.2 Å². The normalized spacial score (nSPS) is 10.2. The summed E-state index contributed by atoms with van der Waals surface area (Å²) in [6, 6.07) is 6.29. The summed E-state index contributed by atoms with van der Waals surface area (Å²) in [5.41, 5.74) is -0.801. The molecule has 2 rings (SSSR count). The second-order valence-corrected chi connectivity index (χ2v) is 4.86. The average molecular weight is 357 g/mol. The van der Waals surface area contributed by atoms with E-state index in [9.17, 15) is 23.7 Å². The summed E-state index contributed by atoms with van der Waals surface area (Å²) >= 11 is 2.94. The number of carbonyl (C=O) groups is 1. The van der Waals surface area contributed by atoms with Crippen LogP contribution in [0.2, 0.25) is 0 Å². The summed E-state index contributed by atoms with van der Waals surface area (Å²) in [5.74, 6) is -2.18. The third-order valence-electron chi connectivity index (χ3n) is 2.59. The maximum atomic E-state index is 13.4. The summed E-state index contributed by atoms with van der Waals surface area (Å²) in [7, 11) is 0. The van der Waals surface area contributed by atoms with Crippen molar-refractivity contribution in [1.82, 2.24) is 0 Å². The van der Waals surface area contributed by atoms with Gasteiger partial charge in [0.2, 0.25) is 0 Å². The van der Waals surface area contributed by atoms with Crippen LogP contribution in [0.25, 0.3) is 0 Å². The Morgan fingerprint density at radius 2 is 1.90 bits per heavy atom. The van der Waals surface area contributed by atoms with E-state index >= 15 is 0 Å². The van der Waals surface area contributed by atoms with Gasteiger partial charge in [0.15, 0.2) is 0 Å². The molecular formula is C13H7BrF2N2O3. The first-order chi connectivity index (χ1) is 9.88. The van der Waals surface area contributed by atoms with E-state index in [1.54, 1.807) is 0 Å². The van der Waals surface area contributed by atoms with Gasteiger partial charge in [0.05, 0.1) is 9.40 Å². The lowest BCUT2D eigenvalue weighted by Crippen LogP contribution is -2.13. The first kappa shape index (κ1) is 15.0. The summed E-state index contributed by atoms with van der Waals surface area (Å²) in [6.07, 6.45) is 0. The zero-order chi connectivity index (χ0) is 15.6. The summed E-state index contributed by atoms with van der Waals surface area (Å²) in [6.45, 7) is 0. The monoisotopic (exact) mass is 356 g/mol. The molecule has 1 N–H and O–H groups in total. The van der Waals surface area contributed by atoms with Crippen LogP contribution in [-0.2, 0) is 0 Å². The largest absolute Gasteiger partial charge is 0.316 e. The van der Waals surface area contributed by atoms with Crippen molar-refractivity contribution in [2.24, 2.45) is 0 Å². The lowest BCUT2D eigenvalue weighted by molar-refractivity contribution is -0.384. The van der Waals surface area contributed by atoms with Gasteiger partial charge >= 0.3 is 0 Å². The molecule has 0 aliphatic carbocycles. The van der Waals surface area contributed by atoms with Gasteiger partial charge in [-0.1, -0.05) is 0 Å². The molecule has 0 spiro atoms. The number of nitro benzene ring substituents is 1. The Balaban J connectivity index is 2.33. The molecule has 0 saturated heterocycles. The Morgan fingerprint density at radius 3 is 2.52 bits per heavy atom. The summed E-state index contributed by atoms with van der Waals surface area (Å²) < 4.78 is 26.7. The van der Waals surface area contributed by atoms with E-state index in [1.165, 1.54) is 12.1 Å². The Bertz CT molecular complexity index is 737. The molecule has 0 unspecified atom stereocenters. The number of nitrogens with zero attached hydrogens (tertiary/aromatic N) is 1. The fourth-order valence-corrected chi connectivity index (χ4v) is 1.85.